The van der Waals surface area contributed by atoms with Crippen molar-refractivity contribution in [3.05, 3.63) is 59.4 Å². The smallest absolute Gasteiger partial charge is 0.143 e. The number of benzene rings is 2. The van der Waals surface area contributed by atoms with E-state index in [1.165, 1.54) is 20.3 Å². The number of nitrogens with zero attached hydrogens (tertiary/aromatic N) is 2. The summed E-state index contributed by atoms with van der Waals surface area (Å²) in [6.45, 7) is 8.91. The fourth-order valence-electron chi connectivity index (χ4n) is 4.30. The molecular weight excluding hydrogens is 408 g/mol. The molecule has 4 aromatic heterocycles. The Bertz CT molecular complexity index is 1590. The molecule has 3 nitrogen and oxygen atoms in total. The van der Waals surface area contributed by atoms with Crippen molar-refractivity contribution in [3.8, 4) is 11.3 Å². The second-order valence-corrected chi connectivity index (χ2v) is 10.8. The van der Waals surface area contributed by atoms with E-state index in [1.807, 2.05) is 17.6 Å². The number of hydrogen-bond acceptors (Lipinski definition) is 5. The van der Waals surface area contributed by atoms with E-state index in [0.717, 1.165) is 43.4 Å². The summed E-state index contributed by atoms with van der Waals surface area (Å²) in [4.78, 5) is 10.4. The zero-order valence-electron chi connectivity index (χ0n) is 17.2. The molecule has 0 unspecified atom stereocenters. The summed E-state index contributed by atoms with van der Waals surface area (Å²) in [6, 6.07) is 11.1. The van der Waals surface area contributed by atoms with E-state index in [4.69, 9.17) is 9.40 Å². The monoisotopic (exact) mass is 428 g/mol. The number of aromatic nitrogens is 2. The van der Waals surface area contributed by atoms with Crippen molar-refractivity contribution >= 4 is 64.0 Å². The molecule has 0 aliphatic rings. The van der Waals surface area contributed by atoms with Gasteiger partial charge >= 0.3 is 0 Å². The molecule has 6 aromatic rings. The summed E-state index contributed by atoms with van der Waals surface area (Å²) in [5.41, 5.74) is 5.60. The Morgan fingerprint density at radius 3 is 2.70 bits per heavy atom. The first-order valence-corrected chi connectivity index (χ1v) is 11.7. The summed E-state index contributed by atoms with van der Waals surface area (Å²) in [7, 11) is 0. The molecule has 0 saturated carbocycles. The van der Waals surface area contributed by atoms with Crippen molar-refractivity contribution in [2.24, 2.45) is 0 Å². The number of rotatable bonds is 1. The van der Waals surface area contributed by atoms with Gasteiger partial charge in [-0.3, -0.25) is 0 Å². The van der Waals surface area contributed by atoms with Crippen molar-refractivity contribution in [3.63, 3.8) is 0 Å². The minimum absolute atomic E-state index is 0.0490. The SMILES string of the molecule is Cc1coc2c1ccc1sc3ncnc(-c4cc(C(C)(C)C)c5sccc5c4)c3c12. The lowest BCUT2D eigenvalue weighted by Crippen LogP contribution is -2.11. The van der Waals surface area contributed by atoms with E-state index in [0.29, 0.717) is 0 Å². The first kappa shape index (κ1) is 18.0. The summed E-state index contributed by atoms with van der Waals surface area (Å²) in [5, 5.41) is 6.81. The highest BCUT2D eigenvalue weighted by molar-refractivity contribution is 7.25. The molecule has 0 atom stereocenters. The molecule has 0 bridgehead atoms. The Kier molecular flexibility index (Phi) is 3.68. The molecule has 148 valence electrons. The molecule has 5 heteroatoms. The van der Waals surface area contributed by atoms with Crippen LogP contribution < -0.4 is 0 Å². The van der Waals surface area contributed by atoms with Crippen molar-refractivity contribution in [1.82, 2.24) is 9.97 Å². The molecule has 0 saturated heterocycles. The van der Waals surface area contributed by atoms with Gasteiger partial charge in [-0.2, -0.15) is 0 Å². The van der Waals surface area contributed by atoms with E-state index in [9.17, 15) is 0 Å². The van der Waals surface area contributed by atoms with Gasteiger partial charge in [0.15, 0.2) is 0 Å². The van der Waals surface area contributed by atoms with Crippen molar-refractivity contribution in [2.75, 3.05) is 0 Å². The number of fused-ring (bicyclic) bond motifs is 6. The highest BCUT2D eigenvalue weighted by atomic mass is 32.1. The van der Waals surface area contributed by atoms with Crippen LogP contribution in [0.2, 0.25) is 0 Å². The third kappa shape index (κ3) is 2.49. The third-order valence-electron chi connectivity index (χ3n) is 5.80. The maximum absolute atomic E-state index is 6.01. The number of aryl methyl sites for hydroxylation is 1. The van der Waals surface area contributed by atoms with E-state index in [-0.39, 0.29) is 5.41 Å². The van der Waals surface area contributed by atoms with Gasteiger partial charge in [0.25, 0.3) is 0 Å². The fraction of sp³-hybridized carbons (Fsp3) is 0.200. The predicted octanol–water partition coefficient (Wildman–Crippen LogP) is 8.08. The maximum Gasteiger partial charge on any atom is 0.143 e. The highest BCUT2D eigenvalue weighted by Gasteiger charge is 2.22. The molecule has 0 fully saturated rings. The summed E-state index contributed by atoms with van der Waals surface area (Å²) in [6.07, 6.45) is 3.53. The molecule has 2 aromatic carbocycles. The minimum atomic E-state index is 0.0490. The second kappa shape index (κ2) is 6.13. The summed E-state index contributed by atoms with van der Waals surface area (Å²) < 4.78 is 8.55. The Morgan fingerprint density at radius 1 is 1.00 bits per heavy atom. The van der Waals surface area contributed by atoms with Crippen LogP contribution in [0, 0.1) is 6.92 Å². The number of furan rings is 1. The normalized spacial score (nSPS) is 12.7. The molecule has 0 N–H and O–H groups in total. The molecule has 0 aliphatic heterocycles. The van der Waals surface area contributed by atoms with Crippen LogP contribution in [0.25, 0.3) is 52.6 Å². The molecule has 0 amide bonds. The van der Waals surface area contributed by atoms with Crippen LogP contribution in [0.3, 0.4) is 0 Å². The molecule has 30 heavy (non-hydrogen) atoms. The van der Waals surface area contributed by atoms with Crippen LogP contribution in [-0.4, -0.2) is 9.97 Å². The van der Waals surface area contributed by atoms with Gasteiger partial charge in [0.05, 0.1) is 12.0 Å². The molecule has 4 heterocycles. The largest absolute Gasteiger partial charge is 0.463 e. The van der Waals surface area contributed by atoms with Crippen LogP contribution in [-0.2, 0) is 5.41 Å². The van der Waals surface area contributed by atoms with Crippen LogP contribution >= 0.6 is 22.7 Å². The lowest BCUT2D eigenvalue weighted by molar-refractivity contribution is 0.597. The first-order chi connectivity index (χ1) is 14.4. The molecule has 0 radical (unpaired) electrons. The lowest BCUT2D eigenvalue weighted by atomic mass is 9.85. The summed E-state index contributed by atoms with van der Waals surface area (Å²) in [5.74, 6) is 0. The zero-order chi connectivity index (χ0) is 20.6. The zero-order valence-corrected chi connectivity index (χ0v) is 18.9. The van der Waals surface area contributed by atoms with E-state index < -0.39 is 0 Å². The van der Waals surface area contributed by atoms with Gasteiger partial charge in [0.2, 0.25) is 0 Å². The fourth-order valence-corrected chi connectivity index (χ4v) is 6.45. The van der Waals surface area contributed by atoms with Gasteiger partial charge in [0.1, 0.15) is 16.7 Å². The van der Waals surface area contributed by atoms with Gasteiger partial charge in [-0.05, 0) is 64.6 Å². The highest BCUT2D eigenvalue weighted by Crippen LogP contribution is 2.44. The van der Waals surface area contributed by atoms with Gasteiger partial charge < -0.3 is 4.42 Å². The second-order valence-electron chi connectivity index (χ2n) is 8.85. The molecule has 0 spiro atoms. The maximum atomic E-state index is 6.01. The van der Waals surface area contributed by atoms with Crippen molar-refractivity contribution < 1.29 is 4.42 Å². The van der Waals surface area contributed by atoms with Gasteiger partial charge in [-0.1, -0.05) is 20.8 Å². The molecule has 6 rings (SSSR count). The Balaban J connectivity index is 1.76. The Labute approximate surface area is 182 Å². The van der Waals surface area contributed by atoms with Gasteiger partial charge in [-0.25, -0.2) is 9.97 Å². The average molecular weight is 429 g/mol. The third-order valence-corrected chi connectivity index (χ3v) is 7.83. The van der Waals surface area contributed by atoms with Gasteiger partial charge in [-0.15, -0.1) is 22.7 Å². The summed E-state index contributed by atoms with van der Waals surface area (Å²) >= 11 is 3.51. The topological polar surface area (TPSA) is 38.9 Å². The van der Waals surface area contributed by atoms with Crippen LogP contribution in [0.15, 0.2) is 52.7 Å². The van der Waals surface area contributed by atoms with Crippen LogP contribution in [0.1, 0.15) is 31.9 Å². The first-order valence-electron chi connectivity index (χ1n) is 9.98. The number of hydrogen-bond donors (Lipinski definition) is 0. The van der Waals surface area contributed by atoms with Crippen molar-refractivity contribution in [2.45, 2.75) is 33.1 Å². The van der Waals surface area contributed by atoms with Crippen LogP contribution in [0.5, 0.6) is 0 Å². The average Bonchev–Trinajstić information content (AvgIpc) is 3.42. The van der Waals surface area contributed by atoms with Crippen molar-refractivity contribution in [1.29, 1.82) is 0 Å². The van der Waals surface area contributed by atoms with E-state index in [1.54, 1.807) is 17.7 Å². The van der Waals surface area contributed by atoms with Gasteiger partial charge in [0, 0.05) is 31.1 Å². The molecular formula is C25H20N2OS2. The number of thiophene rings is 2. The quantitative estimate of drug-likeness (QED) is 0.266. The minimum Gasteiger partial charge on any atom is -0.463 e. The Morgan fingerprint density at radius 2 is 1.87 bits per heavy atom. The molecule has 0 aliphatic carbocycles. The lowest BCUT2D eigenvalue weighted by Gasteiger charge is -2.21. The van der Waals surface area contributed by atoms with E-state index >= 15 is 0 Å². The predicted molar refractivity (Wildman–Crippen MR) is 129 cm³/mol. The van der Waals surface area contributed by atoms with E-state index in [2.05, 4.69) is 68.4 Å². The Hall–Kier alpha value is -2.76. The standard InChI is InChI=1S/C25H20N2OS2/c1-13-11-28-22-16(13)5-6-18-19(22)20-21(26-12-27-24(20)30-18)15-9-14-7-8-29-23(14)17(10-15)25(2,3)4/h5-12H,1-4H3. The van der Waals surface area contributed by atoms with Crippen LogP contribution in [0.4, 0.5) is 0 Å².